The standard InChI is InChI=1S/C17H22N4O/c1-12(2)16-7-5-15(6-8-16)10-18-19-17(22)11-21-14(4)9-13(3)20-21/h5-10,12H,11H2,1-4H3,(H,19,22)/b18-10-. The second kappa shape index (κ2) is 7.02. The Morgan fingerprint density at radius 2 is 2.00 bits per heavy atom. The van der Waals surface area contributed by atoms with Crippen LogP contribution in [0.1, 0.15) is 42.3 Å². The number of hydrogen-bond acceptors (Lipinski definition) is 3. The number of benzene rings is 1. The Kier molecular flexibility index (Phi) is 5.09. The summed E-state index contributed by atoms with van der Waals surface area (Å²) in [6.07, 6.45) is 1.64. The topological polar surface area (TPSA) is 59.3 Å². The van der Waals surface area contributed by atoms with E-state index in [1.165, 1.54) is 5.56 Å². The van der Waals surface area contributed by atoms with Crippen LogP contribution in [0.2, 0.25) is 0 Å². The number of amides is 1. The zero-order valence-corrected chi connectivity index (χ0v) is 13.5. The van der Waals surface area contributed by atoms with Crippen molar-refractivity contribution in [2.75, 3.05) is 0 Å². The molecule has 0 radical (unpaired) electrons. The van der Waals surface area contributed by atoms with Crippen molar-refractivity contribution in [2.24, 2.45) is 5.10 Å². The zero-order chi connectivity index (χ0) is 16.1. The van der Waals surface area contributed by atoms with E-state index in [0.29, 0.717) is 5.92 Å². The predicted molar refractivity (Wildman–Crippen MR) is 88.0 cm³/mol. The maximum absolute atomic E-state index is 11.8. The largest absolute Gasteiger partial charge is 0.271 e. The van der Waals surface area contributed by atoms with E-state index < -0.39 is 0 Å². The highest BCUT2D eigenvalue weighted by molar-refractivity contribution is 5.82. The maximum Gasteiger partial charge on any atom is 0.261 e. The molecule has 5 nitrogen and oxygen atoms in total. The van der Waals surface area contributed by atoms with Gasteiger partial charge in [-0.3, -0.25) is 9.48 Å². The molecular weight excluding hydrogens is 276 g/mol. The lowest BCUT2D eigenvalue weighted by Gasteiger charge is -2.05. The van der Waals surface area contributed by atoms with Crippen molar-refractivity contribution in [1.82, 2.24) is 15.2 Å². The third-order valence-electron chi connectivity index (χ3n) is 3.40. The highest BCUT2D eigenvalue weighted by atomic mass is 16.2. The van der Waals surface area contributed by atoms with Gasteiger partial charge in [-0.05, 0) is 37.0 Å². The number of nitrogens with zero attached hydrogens (tertiary/aromatic N) is 3. The van der Waals surface area contributed by atoms with E-state index in [4.69, 9.17) is 0 Å². The molecule has 1 N–H and O–H groups in total. The molecule has 1 heterocycles. The Hall–Kier alpha value is -2.43. The Morgan fingerprint density at radius 1 is 1.32 bits per heavy atom. The molecule has 1 aromatic heterocycles. The van der Waals surface area contributed by atoms with Gasteiger partial charge in [0.2, 0.25) is 0 Å². The predicted octanol–water partition coefficient (Wildman–Crippen LogP) is 2.77. The molecule has 1 amide bonds. The molecule has 22 heavy (non-hydrogen) atoms. The van der Waals surface area contributed by atoms with Crippen molar-refractivity contribution in [1.29, 1.82) is 0 Å². The average Bonchev–Trinajstić information content (AvgIpc) is 2.77. The van der Waals surface area contributed by atoms with Gasteiger partial charge in [-0.25, -0.2) is 5.43 Å². The number of hydrazone groups is 1. The van der Waals surface area contributed by atoms with Crippen LogP contribution in [0, 0.1) is 13.8 Å². The third-order valence-corrected chi connectivity index (χ3v) is 3.40. The van der Waals surface area contributed by atoms with E-state index >= 15 is 0 Å². The number of aryl methyl sites for hydroxylation is 2. The van der Waals surface area contributed by atoms with Gasteiger partial charge in [-0.15, -0.1) is 0 Å². The van der Waals surface area contributed by atoms with E-state index in [1.807, 2.05) is 32.0 Å². The van der Waals surface area contributed by atoms with Crippen molar-refractivity contribution >= 4 is 12.1 Å². The van der Waals surface area contributed by atoms with Gasteiger partial charge in [0.1, 0.15) is 6.54 Å². The van der Waals surface area contributed by atoms with Crippen molar-refractivity contribution in [3.63, 3.8) is 0 Å². The van der Waals surface area contributed by atoms with Crippen LogP contribution in [0.25, 0.3) is 0 Å². The molecule has 0 atom stereocenters. The van der Waals surface area contributed by atoms with Gasteiger partial charge in [0, 0.05) is 5.69 Å². The summed E-state index contributed by atoms with van der Waals surface area (Å²) in [6, 6.07) is 10.1. The first-order valence-electron chi connectivity index (χ1n) is 7.38. The minimum Gasteiger partial charge on any atom is -0.271 e. The van der Waals surface area contributed by atoms with Crippen molar-refractivity contribution < 1.29 is 4.79 Å². The number of hydrogen-bond donors (Lipinski definition) is 1. The molecule has 1 aromatic carbocycles. The minimum atomic E-state index is -0.193. The van der Waals surface area contributed by atoms with Gasteiger partial charge in [0.15, 0.2) is 0 Å². The second-order valence-electron chi connectivity index (χ2n) is 5.70. The first-order chi connectivity index (χ1) is 10.5. The van der Waals surface area contributed by atoms with Gasteiger partial charge in [-0.2, -0.15) is 10.2 Å². The molecule has 5 heteroatoms. The summed E-state index contributed by atoms with van der Waals surface area (Å²) in [4.78, 5) is 11.8. The normalized spacial score (nSPS) is 11.3. The summed E-state index contributed by atoms with van der Waals surface area (Å²) in [6.45, 7) is 8.31. The van der Waals surface area contributed by atoms with Crippen molar-refractivity contribution in [3.05, 3.63) is 52.8 Å². The number of carbonyl (C=O) groups is 1. The molecule has 116 valence electrons. The maximum atomic E-state index is 11.8. The summed E-state index contributed by atoms with van der Waals surface area (Å²) in [5.41, 5.74) is 6.62. The van der Waals surface area contributed by atoms with Crippen LogP contribution < -0.4 is 5.43 Å². The molecule has 0 unspecified atom stereocenters. The number of rotatable bonds is 5. The molecule has 0 saturated carbocycles. The van der Waals surface area contributed by atoms with Gasteiger partial charge >= 0.3 is 0 Å². The van der Waals surface area contributed by atoms with E-state index in [1.54, 1.807) is 10.9 Å². The molecule has 0 aliphatic heterocycles. The Bertz CT molecular complexity index is 668. The molecule has 2 rings (SSSR count). The molecule has 2 aromatic rings. The molecule has 0 saturated heterocycles. The van der Waals surface area contributed by atoms with E-state index in [0.717, 1.165) is 17.0 Å². The van der Waals surface area contributed by atoms with Crippen LogP contribution in [0.3, 0.4) is 0 Å². The molecule has 0 aliphatic carbocycles. The highest BCUT2D eigenvalue weighted by Crippen LogP contribution is 2.13. The number of aromatic nitrogens is 2. The first kappa shape index (κ1) is 15.9. The third kappa shape index (κ3) is 4.28. The van der Waals surface area contributed by atoms with Crippen LogP contribution in [-0.4, -0.2) is 21.9 Å². The number of carbonyl (C=O) groups excluding carboxylic acids is 1. The van der Waals surface area contributed by atoms with Crippen LogP contribution in [0.15, 0.2) is 35.4 Å². The molecule has 0 bridgehead atoms. The summed E-state index contributed by atoms with van der Waals surface area (Å²) < 4.78 is 1.66. The summed E-state index contributed by atoms with van der Waals surface area (Å²) in [5.74, 6) is 0.313. The smallest absolute Gasteiger partial charge is 0.261 e. The quantitative estimate of drug-likeness (QED) is 0.681. The fourth-order valence-electron chi connectivity index (χ4n) is 2.15. The monoisotopic (exact) mass is 298 g/mol. The lowest BCUT2D eigenvalue weighted by molar-refractivity contribution is -0.121. The van der Waals surface area contributed by atoms with Crippen LogP contribution in [-0.2, 0) is 11.3 Å². The Labute approximate surface area is 131 Å². The summed E-state index contributed by atoms with van der Waals surface area (Å²) in [7, 11) is 0. The van der Waals surface area contributed by atoms with E-state index in [2.05, 4.69) is 41.6 Å². The molecule has 0 fully saturated rings. The summed E-state index contributed by atoms with van der Waals surface area (Å²) in [5, 5.41) is 8.23. The average molecular weight is 298 g/mol. The van der Waals surface area contributed by atoms with Gasteiger partial charge in [0.25, 0.3) is 5.91 Å². The van der Waals surface area contributed by atoms with Gasteiger partial charge in [-0.1, -0.05) is 38.1 Å². The Morgan fingerprint density at radius 3 is 2.55 bits per heavy atom. The second-order valence-corrected chi connectivity index (χ2v) is 5.70. The lowest BCUT2D eigenvalue weighted by atomic mass is 10.0. The fourth-order valence-corrected chi connectivity index (χ4v) is 2.15. The zero-order valence-electron chi connectivity index (χ0n) is 13.5. The van der Waals surface area contributed by atoms with Gasteiger partial charge < -0.3 is 0 Å². The van der Waals surface area contributed by atoms with Crippen LogP contribution in [0.4, 0.5) is 0 Å². The first-order valence-corrected chi connectivity index (χ1v) is 7.38. The fraction of sp³-hybridized carbons (Fsp3) is 0.353. The minimum absolute atomic E-state index is 0.170. The van der Waals surface area contributed by atoms with Crippen molar-refractivity contribution in [3.8, 4) is 0 Å². The van der Waals surface area contributed by atoms with E-state index in [-0.39, 0.29) is 12.5 Å². The highest BCUT2D eigenvalue weighted by Gasteiger charge is 2.05. The van der Waals surface area contributed by atoms with Crippen molar-refractivity contribution in [2.45, 2.75) is 40.2 Å². The molecular formula is C17H22N4O. The Balaban J connectivity index is 1.89. The molecule has 0 aliphatic rings. The van der Waals surface area contributed by atoms with Crippen LogP contribution >= 0.6 is 0 Å². The number of nitrogens with one attached hydrogen (secondary N) is 1. The lowest BCUT2D eigenvalue weighted by Crippen LogP contribution is -2.24. The van der Waals surface area contributed by atoms with E-state index in [9.17, 15) is 4.79 Å². The van der Waals surface area contributed by atoms with Crippen LogP contribution in [0.5, 0.6) is 0 Å². The molecule has 0 spiro atoms. The van der Waals surface area contributed by atoms with Gasteiger partial charge in [0.05, 0.1) is 11.9 Å². The summed E-state index contributed by atoms with van der Waals surface area (Å²) >= 11 is 0. The SMILES string of the molecule is Cc1cc(C)n(CC(=O)N/N=C\c2ccc(C(C)C)cc2)n1.